The molecule has 0 aromatic rings. The third-order valence-electron chi connectivity index (χ3n) is 5.33. The molecule has 2 rings (SSSR count). The van der Waals surface area contributed by atoms with Crippen LogP contribution in [0.3, 0.4) is 0 Å². The Bertz CT molecular complexity index is 481. The molecule has 2 unspecified atom stereocenters. The van der Waals surface area contributed by atoms with Crippen LogP contribution in [-0.2, 0) is 9.53 Å². The largest absolute Gasteiger partial charge is 0.444 e. The van der Waals surface area contributed by atoms with Crippen LogP contribution in [-0.4, -0.2) is 66.2 Å². The molecule has 0 spiro atoms. The lowest BCUT2D eigenvalue weighted by Gasteiger charge is -2.38. The van der Waals surface area contributed by atoms with Crippen LogP contribution in [0, 0.1) is 11.8 Å². The number of carbonyl (C=O) groups excluding carboxylic acids is 2. The maximum atomic E-state index is 12.7. The summed E-state index contributed by atoms with van der Waals surface area (Å²) in [4.78, 5) is 29.1. The summed E-state index contributed by atoms with van der Waals surface area (Å²) in [6.45, 7) is 14.5. The minimum atomic E-state index is -0.561. The molecule has 2 amide bonds. The summed E-state index contributed by atoms with van der Waals surface area (Å²) in [5.74, 6) is 1.37. The Kier molecular flexibility index (Phi) is 7.33. The molecule has 6 nitrogen and oxygen atoms in total. The number of amides is 2. The Balaban J connectivity index is 1.80. The van der Waals surface area contributed by atoms with Crippen molar-refractivity contribution in [3.63, 3.8) is 0 Å². The van der Waals surface area contributed by atoms with Gasteiger partial charge in [0.05, 0.1) is 0 Å². The Morgan fingerprint density at radius 2 is 1.81 bits per heavy atom. The molecular formula is C20H37N3O3. The number of ether oxygens (including phenoxy) is 1. The lowest BCUT2D eigenvalue weighted by atomic mass is 9.94. The van der Waals surface area contributed by atoms with E-state index in [-0.39, 0.29) is 5.91 Å². The van der Waals surface area contributed by atoms with Crippen LogP contribution in [0.1, 0.15) is 60.3 Å². The standard InChI is InChI=1S/C20H37N3O3/c1-15-8-11-22(12-9-15)13-17-7-6-10-23(14-17)18(24)16(2)21-19(25)26-20(3,4)5/h15-17H,6-14H2,1-5H3,(H,21,25). The van der Waals surface area contributed by atoms with Gasteiger partial charge in [0.1, 0.15) is 11.6 Å². The number of hydrogen-bond donors (Lipinski definition) is 1. The van der Waals surface area contributed by atoms with Crippen LogP contribution in [0.4, 0.5) is 4.79 Å². The zero-order chi connectivity index (χ0) is 19.3. The number of hydrogen-bond acceptors (Lipinski definition) is 4. The fourth-order valence-corrected chi connectivity index (χ4v) is 3.84. The van der Waals surface area contributed by atoms with Crippen molar-refractivity contribution in [3.8, 4) is 0 Å². The number of rotatable bonds is 4. The van der Waals surface area contributed by atoms with E-state index in [2.05, 4.69) is 17.1 Å². The molecule has 1 N–H and O–H groups in total. The predicted octanol–water partition coefficient (Wildman–Crippen LogP) is 2.87. The van der Waals surface area contributed by atoms with Crippen molar-refractivity contribution in [2.24, 2.45) is 11.8 Å². The molecule has 0 radical (unpaired) electrons. The summed E-state index contributed by atoms with van der Waals surface area (Å²) in [5, 5.41) is 2.67. The SMILES string of the molecule is CC1CCN(CC2CCCN(C(=O)C(C)NC(=O)OC(C)(C)C)C2)CC1. The lowest BCUT2D eigenvalue weighted by molar-refractivity contribution is -0.135. The molecule has 0 bridgehead atoms. The normalized spacial score (nSPS) is 24.2. The Labute approximate surface area is 158 Å². The predicted molar refractivity (Wildman–Crippen MR) is 103 cm³/mol. The summed E-state index contributed by atoms with van der Waals surface area (Å²) < 4.78 is 5.25. The zero-order valence-electron chi connectivity index (χ0n) is 17.2. The van der Waals surface area contributed by atoms with Crippen molar-refractivity contribution in [3.05, 3.63) is 0 Å². The van der Waals surface area contributed by atoms with E-state index >= 15 is 0 Å². The van der Waals surface area contributed by atoms with Crippen molar-refractivity contribution in [2.75, 3.05) is 32.7 Å². The van der Waals surface area contributed by atoms with Crippen molar-refractivity contribution in [1.82, 2.24) is 15.1 Å². The molecular weight excluding hydrogens is 330 g/mol. The Morgan fingerprint density at radius 3 is 2.42 bits per heavy atom. The van der Waals surface area contributed by atoms with Crippen molar-refractivity contribution >= 4 is 12.0 Å². The van der Waals surface area contributed by atoms with Crippen LogP contribution in [0.2, 0.25) is 0 Å². The molecule has 2 saturated heterocycles. The maximum absolute atomic E-state index is 12.7. The first-order valence-electron chi connectivity index (χ1n) is 10.1. The molecule has 0 aliphatic carbocycles. The van der Waals surface area contributed by atoms with Gasteiger partial charge in [-0.1, -0.05) is 6.92 Å². The second kappa shape index (κ2) is 9.07. The van der Waals surface area contributed by atoms with Gasteiger partial charge in [0.15, 0.2) is 0 Å². The number of carbonyl (C=O) groups is 2. The average Bonchev–Trinajstić information content (AvgIpc) is 2.54. The van der Waals surface area contributed by atoms with Crippen molar-refractivity contribution in [2.45, 2.75) is 71.9 Å². The smallest absolute Gasteiger partial charge is 0.408 e. The van der Waals surface area contributed by atoms with Gasteiger partial charge in [0.2, 0.25) is 5.91 Å². The number of likely N-dealkylation sites (tertiary alicyclic amines) is 2. The molecule has 2 aliphatic heterocycles. The van der Waals surface area contributed by atoms with E-state index in [9.17, 15) is 9.59 Å². The first-order valence-corrected chi connectivity index (χ1v) is 10.1. The molecule has 2 fully saturated rings. The highest BCUT2D eigenvalue weighted by Gasteiger charge is 2.30. The van der Waals surface area contributed by atoms with Gasteiger partial charge in [0, 0.05) is 19.6 Å². The summed E-state index contributed by atoms with van der Waals surface area (Å²) in [6, 6.07) is -0.556. The van der Waals surface area contributed by atoms with Crippen LogP contribution in [0.25, 0.3) is 0 Å². The lowest BCUT2D eigenvalue weighted by Crippen LogP contribution is -2.52. The fourth-order valence-electron chi connectivity index (χ4n) is 3.84. The monoisotopic (exact) mass is 367 g/mol. The van der Waals surface area contributed by atoms with E-state index in [1.807, 2.05) is 25.7 Å². The van der Waals surface area contributed by atoms with Gasteiger partial charge in [-0.25, -0.2) is 4.79 Å². The Morgan fingerprint density at radius 1 is 1.15 bits per heavy atom. The first kappa shape index (κ1) is 21.0. The molecule has 0 aromatic carbocycles. The molecule has 6 heteroatoms. The van der Waals surface area contributed by atoms with Crippen molar-refractivity contribution < 1.29 is 14.3 Å². The zero-order valence-corrected chi connectivity index (χ0v) is 17.2. The van der Waals surface area contributed by atoms with Crippen LogP contribution in [0.15, 0.2) is 0 Å². The van der Waals surface area contributed by atoms with Crippen LogP contribution >= 0.6 is 0 Å². The van der Waals surface area contributed by atoms with Crippen LogP contribution < -0.4 is 5.32 Å². The van der Waals surface area contributed by atoms with Gasteiger partial charge >= 0.3 is 6.09 Å². The molecule has 2 heterocycles. The third kappa shape index (κ3) is 6.78. The number of nitrogens with one attached hydrogen (secondary N) is 1. The minimum Gasteiger partial charge on any atom is -0.444 e. The van der Waals surface area contributed by atoms with E-state index in [0.717, 1.165) is 32.0 Å². The summed E-state index contributed by atoms with van der Waals surface area (Å²) >= 11 is 0. The van der Waals surface area contributed by atoms with Crippen molar-refractivity contribution in [1.29, 1.82) is 0 Å². The molecule has 2 aliphatic rings. The third-order valence-corrected chi connectivity index (χ3v) is 5.33. The molecule has 26 heavy (non-hydrogen) atoms. The van der Waals surface area contributed by atoms with E-state index in [0.29, 0.717) is 5.92 Å². The first-order chi connectivity index (χ1) is 12.1. The highest BCUT2D eigenvalue weighted by Crippen LogP contribution is 2.22. The number of nitrogens with zero attached hydrogens (tertiary/aromatic N) is 2. The van der Waals surface area contributed by atoms with E-state index < -0.39 is 17.7 Å². The minimum absolute atomic E-state index is 0.00664. The van der Waals surface area contributed by atoms with Gasteiger partial charge in [-0.2, -0.15) is 0 Å². The number of alkyl carbamates (subject to hydrolysis) is 1. The molecule has 0 saturated carbocycles. The maximum Gasteiger partial charge on any atom is 0.408 e. The van der Waals surface area contributed by atoms with Gasteiger partial charge < -0.3 is 19.9 Å². The number of piperidine rings is 2. The fraction of sp³-hybridized carbons (Fsp3) is 0.900. The van der Waals surface area contributed by atoms with Gasteiger partial charge in [-0.05, 0) is 78.3 Å². The van der Waals surface area contributed by atoms with E-state index in [4.69, 9.17) is 4.74 Å². The molecule has 0 aromatic heterocycles. The highest BCUT2D eigenvalue weighted by atomic mass is 16.6. The summed E-state index contributed by atoms with van der Waals surface area (Å²) in [5.41, 5.74) is -0.561. The second-order valence-corrected chi connectivity index (χ2v) is 9.14. The van der Waals surface area contributed by atoms with Gasteiger partial charge in [0.25, 0.3) is 0 Å². The quantitative estimate of drug-likeness (QED) is 0.830. The van der Waals surface area contributed by atoms with Gasteiger partial charge in [-0.3, -0.25) is 4.79 Å². The highest BCUT2D eigenvalue weighted by molar-refractivity contribution is 5.85. The molecule has 150 valence electrons. The van der Waals surface area contributed by atoms with E-state index in [1.54, 1.807) is 6.92 Å². The summed E-state index contributed by atoms with van der Waals surface area (Å²) in [6.07, 6.45) is 4.26. The van der Waals surface area contributed by atoms with Gasteiger partial charge in [-0.15, -0.1) is 0 Å². The topological polar surface area (TPSA) is 61.9 Å². The molecule has 2 atom stereocenters. The van der Waals surface area contributed by atoms with E-state index in [1.165, 1.54) is 32.4 Å². The second-order valence-electron chi connectivity index (χ2n) is 9.14. The van der Waals surface area contributed by atoms with Crippen LogP contribution in [0.5, 0.6) is 0 Å². The summed E-state index contributed by atoms with van der Waals surface area (Å²) in [7, 11) is 0. The Hall–Kier alpha value is -1.30. The average molecular weight is 368 g/mol.